The van der Waals surface area contributed by atoms with Crippen molar-refractivity contribution in [2.24, 2.45) is 5.92 Å². The van der Waals surface area contributed by atoms with E-state index in [1.54, 1.807) is 0 Å². The van der Waals surface area contributed by atoms with Crippen LogP contribution in [0.3, 0.4) is 0 Å². The molecule has 2 aromatic carbocycles. The van der Waals surface area contributed by atoms with Gasteiger partial charge in [-0.2, -0.15) is 0 Å². The Morgan fingerprint density at radius 1 is 0.952 bits per heavy atom. The van der Waals surface area contributed by atoms with Crippen molar-refractivity contribution in [2.75, 3.05) is 11.9 Å². The molecule has 2 aromatic rings. The van der Waals surface area contributed by atoms with Gasteiger partial charge in [0.15, 0.2) is 0 Å². The molecule has 0 heterocycles. The van der Waals surface area contributed by atoms with E-state index in [9.17, 15) is 0 Å². The molecule has 2 nitrogen and oxygen atoms in total. The standard InChI is InChI=1S/C19H25NO/c1-4-16-9-11-17(12-10-16)13-20-18-7-5-6-8-19(18)21-14-15(2)3/h5-12,15,20H,4,13-14H2,1-3H3. The van der Waals surface area contributed by atoms with Gasteiger partial charge < -0.3 is 10.1 Å². The predicted octanol–water partition coefficient (Wildman–Crippen LogP) is 4.90. The van der Waals surface area contributed by atoms with Crippen LogP contribution in [0.15, 0.2) is 48.5 Å². The Balaban J connectivity index is 1.98. The summed E-state index contributed by atoms with van der Waals surface area (Å²) in [5, 5.41) is 3.47. The molecule has 21 heavy (non-hydrogen) atoms. The molecule has 0 amide bonds. The first-order chi connectivity index (χ1) is 10.2. The van der Waals surface area contributed by atoms with Crippen LogP contribution in [0.1, 0.15) is 31.9 Å². The molecular formula is C19H25NO. The van der Waals surface area contributed by atoms with Crippen molar-refractivity contribution in [3.05, 3.63) is 59.7 Å². The SMILES string of the molecule is CCc1ccc(CNc2ccccc2OCC(C)C)cc1. The van der Waals surface area contributed by atoms with Crippen molar-refractivity contribution in [3.8, 4) is 5.75 Å². The van der Waals surface area contributed by atoms with Gasteiger partial charge in [-0.05, 0) is 35.6 Å². The molecule has 0 saturated heterocycles. The number of hydrogen-bond donors (Lipinski definition) is 1. The third-order valence-corrected chi connectivity index (χ3v) is 3.37. The number of aryl methyl sites for hydroxylation is 1. The molecule has 0 fully saturated rings. The fourth-order valence-electron chi connectivity index (χ4n) is 2.09. The highest BCUT2D eigenvalue weighted by atomic mass is 16.5. The number of hydrogen-bond acceptors (Lipinski definition) is 2. The number of nitrogens with one attached hydrogen (secondary N) is 1. The lowest BCUT2D eigenvalue weighted by Crippen LogP contribution is -2.07. The van der Waals surface area contributed by atoms with E-state index in [0.717, 1.165) is 31.0 Å². The summed E-state index contributed by atoms with van der Waals surface area (Å²) in [4.78, 5) is 0. The van der Waals surface area contributed by atoms with Crippen molar-refractivity contribution >= 4 is 5.69 Å². The Bertz CT molecular complexity index is 546. The first kappa shape index (κ1) is 15.4. The molecular weight excluding hydrogens is 258 g/mol. The summed E-state index contributed by atoms with van der Waals surface area (Å²) in [6, 6.07) is 16.9. The zero-order valence-corrected chi connectivity index (χ0v) is 13.2. The van der Waals surface area contributed by atoms with Gasteiger partial charge in [-0.15, -0.1) is 0 Å². The lowest BCUT2D eigenvalue weighted by atomic mass is 10.1. The molecule has 0 spiro atoms. The van der Waals surface area contributed by atoms with Gasteiger partial charge in [0.2, 0.25) is 0 Å². The van der Waals surface area contributed by atoms with Crippen LogP contribution in [0.25, 0.3) is 0 Å². The lowest BCUT2D eigenvalue weighted by molar-refractivity contribution is 0.272. The third-order valence-electron chi connectivity index (χ3n) is 3.37. The quantitative estimate of drug-likeness (QED) is 0.780. The van der Waals surface area contributed by atoms with Gasteiger partial charge >= 0.3 is 0 Å². The highest BCUT2D eigenvalue weighted by Crippen LogP contribution is 2.24. The van der Waals surface area contributed by atoms with Gasteiger partial charge in [-0.25, -0.2) is 0 Å². The Morgan fingerprint density at radius 2 is 1.62 bits per heavy atom. The second-order valence-corrected chi connectivity index (χ2v) is 5.72. The van der Waals surface area contributed by atoms with Crippen LogP contribution in [0.5, 0.6) is 5.75 Å². The molecule has 0 unspecified atom stereocenters. The fraction of sp³-hybridized carbons (Fsp3) is 0.368. The van der Waals surface area contributed by atoms with Gasteiger partial charge in [0, 0.05) is 6.54 Å². The lowest BCUT2D eigenvalue weighted by Gasteiger charge is -2.14. The number of benzene rings is 2. The van der Waals surface area contributed by atoms with Crippen LogP contribution in [-0.2, 0) is 13.0 Å². The normalized spacial score (nSPS) is 10.7. The zero-order chi connectivity index (χ0) is 15.1. The van der Waals surface area contributed by atoms with Crippen LogP contribution in [0, 0.1) is 5.92 Å². The Hall–Kier alpha value is -1.96. The van der Waals surface area contributed by atoms with E-state index in [2.05, 4.69) is 56.4 Å². The summed E-state index contributed by atoms with van der Waals surface area (Å²) in [7, 11) is 0. The van der Waals surface area contributed by atoms with Crippen molar-refractivity contribution in [2.45, 2.75) is 33.7 Å². The summed E-state index contributed by atoms with van der Waals surface area (Å²) in [5.74, 6) is 1.45. The van der Waals surface area contributed by atoms with Crippen molar-refractivity contribution < 1.29 is 4.74 Å². The molecule has 0 saturated carbocycles. The van der Waals surface area contributed by atoms with Crippen molar-refractivity contribution in [1.29, 1.82) is 0 Å². The smallest absolute Gasteiger partial charge is 0.142 e. The minimum absolute atomic E-state index is 0.527. The van der Waals surface area contributed by atoms with Crippen LogP contribution in [0.2, 0.25) is 0 Å². The molecule has 0 bridgehead atoms. The molecule has 0 atom stereocenters. The molecule has 0 radical (unpaired) electrons. The van der Waals surface area contributed by atoms with E-state index in [1.807, 2.05) is 18.2 Å². The highest BCUT2D eigenvalue weighted by Gasteiger charge is 2.04. The molecule has 2 heteroatoms. The molecule has 1 N–H and O–H groups in total. The van der Waals surface area contributed by atoms with Crippen LogP contribution in [0.4, 0.5) is 5.69 Å². The maximum atomic E-state index is 5.86. The number of rotatable bonds is 7. The first-order valence-electron chi connectivity index (χ1n) is 7.72. The number of para-hydroxylation sites is 2. The minimum atomic E-state index is 0.527. The van der Waals surface area contributed by atoms with Crippen LogP contribution >= 0.6 is 0 Å². The zero-order valence-electron chi connectivity index (χ0n) is 13.2. The van der Waals surface area contributed by atoms with E-state index in [-0.39, 0.29) is 0 Å². The summed E-state index contributed by atoms with van der Waals surface area (Å²) in [6.45, 7) is 8.04. The van der Waals surface area contributed by atoms with Gasteiger partial charge in [0.1, 0.15) is 5.75 Å². The Kier molecular flexibility index (Phi) is 5.68. The van der Waals surface area contributed by atoms with E-state index < -0.39 is 0 Å². The fourth-order valence-corrected chi connectivity index (χ4v) is 2.09. The highest BCUT2D eigenvalue weighted by molar-refractivity contribution is 5.56. The number of ether oxygens (including phenoxy) is 1. The molecule has 0 aliphatic heterocycles. The molecule has 0 aliphatic carbocycles. The molecule has 112 valence electrons. The summed E-state index contributed by atoms with van der Waals surface area (Å²) < 4.78 is 5.86. The average Bonchev–Trinajstić information content (AvgIpc) is 2.52. The Morgan fingerprint density at radius 3 is 2.29 bits per heavy atom. The first-order valence-corrected chi connectivity index (χ1v) is 7.72. The van der Waals surface area contributed by atoms with Crippen molar-refractivity contribution in [1.82, 2.24) is 0 Å². The summed E-state index contributed by atoms with van der Waals surface area (Å²) in [5.41, 5.74) is 3.71. The third kappa shape index (κ3) is 4.82. The monoisotopic (exact) mass is 283 g/mol. The second kappa shape index (κ2) is 7.72. The van der Waals surface area contributed by atoms with E-state index in [4.69, 9.17) is 4.74 Å². The summed E-state index contributed by atoms with van der Waals surface area (Å²) in [6.07, 6.45) is 1.08. The molecule has 2 rings (SSSR count). The van der Waals surface area contributed by atoms with Crippen LogP contribution < -0.4 is 10.1 Å². The van der Waals surface area contributed by atoms with E-state index in [1.165, 1.54) is 11.1 Å². The van der Waals surface area contributed by atoms with E-state index in [0.29, 0.717) is 5.92 Å². The van der Waals surface area contributed by atoms with E-state index >= 15 is 0 Å². The van der Waals surface area contributed by atoms with Gasteiger partial charge in [-0.1, -0.05) is 57.2 Å². The summed E-state index contributed by atoms with van der Waals surface area (Å²) >= 11 is 0. The second-order valence-electron chi connectivity index (χ2n) is 5.72. The van der Waals surface area contributed by atoms with Crippen LogP contribution in [-0.4, -0.2) is 6.61 Å². The largest absolute Gasteiger partial charge is 0.491 e. The molecule has 0 aromatic heterocycles. The Labute approximate surface area is 128 Å². The predicted molar refractivity (Wildman–Crippen MR) is 89.9 cm³/mol. The van der Waals surface area contributed by atoms with Gasteiger partial charge in [0.05, 0.1) is 12.3 Å². The van der Waals surface area contributed by atoms with Crippen molar-refractivity contribution in [3.63, 3.8) is 0 Å². The average molecular weight is 283 g/mol. The maximum absolute atomic E-state index is 5.86. The topological polar surface area (TPSA) is 21.3 Å². The van der Waals surface area contributed by atoms with Gasteiger partial charge in [-0.3, -0.25) is 0 Å². The minimum Gasteiger partial charge on any atom is -0.491 e. The number of anilines is 1. The molecule has 0 aliphatic rings. The maximum Gasteiger partial charge on any atom is 0.142 e. The van der Waals surface area contributed by atoms with Gasteiger partial charge in [0.25, 0.3) is 0 Å².